The quantitative estimate of drug-likeness (QED) is 0.0697. The number of nitrogens with zero attached hydrogens (tertiary/aromatic N) is 2. The summed E-state index contributed by atoms with van der Waals surface area (Å²) >= 11 is 0. The number of amides is 1. The fourth-order valence-electron chi connectivity index (χ4n) is 11.9. The van der Waals surface area contributed by atoms with Crippen LogP contribution in [0.4, 0.5) is 0 Å². The van der Waals surface area contributed by atoms with Crippen LogP contribution in [0.1, 0.15) is 104 Å². The second-order valence-corrected chi connectivity index (χ2v) is 17.8. The lowest BCUT2D eigenvalue weighted by Crippen LogP contribution is -2.59. The molecule has 4 fully saturated rings. The molecule has 0 aromatic carbocycles. The molecule has 4 saturated carbocycles. The molecule has 0 aliphatic heterocycles. The number of hydrogen-bond acceptors (Lipinski definition) is 10. The molecule has 55 heavy (non-hydrogen) atoms. The van der Waals surface area contributed by atoms with Crippen LogP contribution >= 0.6 is 0 Å². The normalized spacial score (nSPS) is 32.6. The number of carbonyl (C=O) groups is 5. The molecular formula is C40H68N4O11. The molecule has 0 spiro atoms. The Hall–Kier alpha value is -2.85. The van der Waals surface area contributed by atoms with Gasteiger partial charge >= 0.3 is 23.9 Å². The van der Waals surface area contributed by atoms with E-state index >= 15 is 0 Å². The molecule has 0 saturated heterocycles. The van der Waals surface area contributed by atoms with Crippen LogP contribution in [0.15, 0.2) is 0 Å². The van der Waals surface area contributed by atoms with Crippen molar-refractivity contribution in [2.24, 2.45) is 46.3 Å². The van der Waals surface area contributed by atoms with E-state index in [1.165, 1.54) is 4.90 Å². The van der Waals surface area contributed by atoms with Gasteiger partial charge in [-0.2, -0.15) is 0 Å². The Morgan fingerprint density at radius 3 is 2.07 bits per heavy atom. The van der Waals surface area contributed by atoms with E-state index in [0.29, 0.717) is 56.0 Å². The largest absolute Gasteiger partial charge is 0.481 e. The lowest BCUT2D eigenvalue weighted by atomic mass is 9.43. The van der Waals surface area contributed by atoms with Crippen LogP contribution in [-0.2, 0) is 24.0 Å². The van der Waals surface area contributed by atoms with Crippen molar-refractivity contribution in [3.63, 3.8) is 0 Å². The highest BCUT2D eigenvalue weighted by Crippen LogP contribution is 2.68. The molecule has 4 aliphatic rings. The van der Waals surface area contributed by atoms with E-state index < -0.39 is 43.1 Å². The fourth-order valence-corrected chi connectivity index (χ4v) is 11.9. The average Bonchev–Trinajstić information content (AvgIpc) is 3.46. The number of aliphatic hydroxyl groups is 2. The number of rotatable bonds is 23. The zero-order valence-electron chi connectivity index (χ0n) is 33.2. The van der Waals surface area contributed by atoms with Gasteiger partial charge in [-0.15, -0.1) is 0 Å². The summed E-state index contributed by atoms with van der Waals surface area (Å²) in [5.74, 6) is -1.97. The maximum absolute atomic E-state index is 13.5. The average molecular weight is 781 g/mol. The van der Waals surface area contributed by atoms with Gasteiger partial charge in [0.25, 0.3) is 0 Å². The lowest BCUT2D eigenvalue weighted by Gasteiger charge is -2.62. The summed E-state index contributed by atoms with van der Waals surface area (Å²) in [4.78, 5) is 61.8. The summed E-state index contributed by atoms with van der Waals surface area (Å²) in [6.07, 6.45) is 9.15. The molecule has 4 rings (SSSR count). The summed E-state index contributed by atoms with van der Waals surface area (Å²) in [5.41, 5.74) is 0.194. The number of aliphatic carboxylic acids is 4. The number of nitrogens with one attached hydrogen (secondary N) is 2. The number of carboxylic acids is 4. The molecular weight excluding hydrogens is 712 g/mol. The van der Waals surface area contributed by atoms with Crippen molar-refractivity contribution in [1.29, 1.82) is 0 Å². The van der Waals surface area contributed by atoms with E-state index in [1.807, 2.05) is 4.90 Å². The highest BCUT2D eigenvalue weighted by atomic mass is 16.4. The first-order valence-corrected chi connectivity index (χ1v) is 20.6. The number of aliphatic hydroxyl groups excluding tert-OH is 2. The first-order chi connectivity index (χ1) is 26.0. The van der Waals surface area contributed by atoms with Gasteiger partial charge in [0.15, 0.2) is 0 Å². The second kappa shape index (κ2) is 20.0. The molecule has 1 amide bonds. The maximum atomic E-state index is 13.5. The summed E-state index contributed by atoms with van der Waals surface area (Å²) in [5, 5.41) is 64.7. The van der Waals surface area contributed by atoms with E-state index in [0.717, 1.165) is 51.4 Å². The van der Waals surface area contributed by atoms with Gasteiger partial charge in [-0.1, -0.05) is 20.8 Å². The van der Waals surface area contributed by atoms with Gasteiger partial charge in [0.2, 0.25) is 5.91 Å². The Labute approximate surface area is 325 Å². The molecule has 4 unspecified atom stereocenters. The predicted octanol–water partition coefficient (Wildman–Crippen LogP) is 2.58. The van der Waals surface area contributed by atoms with Crippen molar-refractivity contribution in [2.45, 2.75) is 122 Å². The molecule has 15 nitrogen and oxygen atoms in total. The molecule has 0 aromatic rings. The van der Waals surface area contributed by atoms with Crippen LogP contribution in [0.3, 0.4) is 0 Å². The Balaban J connectivity index is 1.35. The third-order valence-electron chi connectivity index (χ3n) is 14.6. The van der Waals surface area contributed by atoms with Crippen molar-refractivity contribution in [1.82, 2.24) is 20.4 Å². The van der Waals surface area contributed by atoms with E-state index in [4.69, 9.17) is 5.11 Å². The maximum Gasteiger partial charge on any atom is 0.317 e. The standard InChI is InChI=1S/C40H68N4O11/c1-25(4-9-34(48)49)29-6-7-30-38-31(11-14-40(29,30)3)39(2)13-10-27(20-26(39)21-32(38)46)42-33(47)8-5-28(12-19-45)44(16-15-41-22-35(50)51)18-17-43(23-36(52)53)24-37(54)55/h25-32,38,41,45-46H,4-24H2,1-3H3,(H,42,47)(H,48,49)(H,50,51)(H,52,53)(H,54,55)/t25?,26-,27-,28-,29+,30?,31?,32-,38?,39-,40+/m0/s1. The van der Waals surface area contributed by atoms with Crippen molar-refractivity contribution in [3.8, 4) is 0 Å². The number of fused-ring (bicyclic) bond motifs is 5. The molecule has 8 N–H and O–H groups in total. The van der Waals surface area contributed by atoms with Gasteiger partial charge in [0.05, 0.1) is 25.7 Å². The van der Waals surface area contributed by atoms with Crippen molar-refractivity contribution in [2.75, 3.05) is 52.4 Å². The predicted molar refractivity (Wildman–Crippen MR) is 203 cm³/mol. The molecule has 0 bridgehead atoms. The van der Waals surface area contributed by atoms with Crippen LogP contribution < -0.4 is 10.6 Å². The van der Waals surface area contributed by atoms with E-state index in [9.17, 15) is 49.5 Å². The van der Waals surface area contributed by atoms with Gasteiger partial charge < -0.3 is 41.3 Å². The monoisotopic (exact) mass is 780 g/mol. The first-order valence-electron chi connectivity index (χ1n) is 20.6. The van der Waals surface area contributed by atoms with Crippen LogP contribution in [0.25, 0.3) is 0 Å². The zero-order chi connectivity index (χ0) is 40.5. The topological polar surface area (TPSA) is 237 Å². The molecule has 15 heteroatoms. The van der Waals surface area contributed by atoms with Crippen molar-refractivity contribution < 1.29 is 54.6 Å². The number of carboxylic acid groups (broad SMARTS) is 4. The minimum atomic E-state index is -1.16. The third-order valence-corrected chi connectivity index (χ3v) is 14.6. The van der Waals surface area contributed by atoms with Crippen molar-refractivity contribution in [3.05, 3.63) is 0 Å². The summed E-state index contributed by atoms with van der Waals surface area (Å²) < 4.78 is 0. The number of carbonyl (C=O) groups excluding carboxylic acids is 1. The summed E-state index contributed by atoms with van der Waals surface area (Å²) in [6, 6.07) is -0.298. The van der Waals surface area contributed by atoms with Crippen LogP contribution in [0.5, 0.6) is 0 Å². The van der Waals surface area contributed by atoms with Gasteiger partial charge in [-0.25, -0.2) is 0 Å². The minimum Gasteiger partial charge on any atom is -0.481 e. The highest BCUT2D eigenvalue weighted by molar-refractivity contribution is 5.76. The minimum absolute atomic E-state index is 0.0117. The summed E-state index contributed by atoms with van der Waals surface area (Å²) in [6.45, 7) is 6.74. The third kappa shape index (κ3) is 11.6. The Morgan fingerprint density at radius 1 is 0.764 bits per heavy atom. The fraction of sp³-hybridized carbons (Fsp3) is 0.875. The molecule has 0 aromatic heterocycles. The summed E-state index contributed by atoms with van der Waals surface area (Å²) in [7, 11) is 0. The van der Waals surface area contributed by atoms with Gasteiger partial charge in [-0.05, 0) is 117 Å². The lowest BCUT2D eigenvalue weighted by molar-refractivity contribution is -0.167. The van der Waals surface area contributed by atoms with Crippen LogP contribution in [0.2, 0.25) is 0 Å². The second-order valence-electron chi connectivity index (χ2n) is 17.8. The molecule has 0 heterocycles. The van der Waals surface area contributed by atoms with E-state index in [2.05, 4.69) is 31.4 Å². The first kappa shape index (κ1) is 44.9. The van der Waals surface area contributed by atoms with Gasteiger partial charge in [0.1, 0.15) is 0 Å². The molecule has 314 valence electrons. The Kier molecular flexibility index (Phi) is 16.3. The smallest absolute Gasteiger partial charge is 0.317 e. The molecule has 11 atom stereocenters. The zero-order valence-corrected chi connectivity index (χ0v) is 33.2. The molecule has 4 aliphatic carbocycles. The number of hydrogen-bond donors (Lipinski definition) is 8. The molecule has 0 radical (unpaired) electrons. The Morgan fingerprint density at radius 2 is 1.44 bits per heavy atom. The van der Waals surface area contributed by atoms with Crippen molar-refractivity contribution >= 4 is 29.8 Å². The highest BCUT2D eigenvalue weighted by Gasteiger charge is 2.63. The Bertz CT molecular complexity index is 1320. The SMILES string of the molecule is CC(CCC(=O)O)[C@H]1CCC2C3C(CC[C@@]21C)[C@@]1(C)CC[C@H](NC(=O)CC[C@@H](CCO)N(CCNCC(=O)O)CCN(CC(=O)O)CC(=O)O)C[C@H]1C[C@@H]3O. The van der Waals surface area contributed by atoms with Gasteiger partial charge in [0, 0.05) is 57.7 Å². The van der Waals surface area contributed by atoms with Gasteiger partial charge in [-0.3, -0.25) is 33.8 Å². The van der Waals surface area contributed by atoms with Crippen LogP contribution in [-0.4, -0.2) is 141 Å². The van der Waals surface area contributed by atoms with Crippen LogP contribution in [0, 0.1) is 46.3 Å². The van der Waals surface area contributed by atoms with E-state index in [1.54, 1.807) is 0 Å². The van der Waals surface area contributed by atoms with E-state index in [-0.39, 0.29) is 79.7 Å².